The summed E-state index contributed by atoms with van der Waals surface area (Å²) in [6.07, 6.45) is 0. The number of hydrogen-bond donors (Lipinski definition) is 0. The van der Waals surface area contributed by atoms with Crippen LogP contribution in [0.2, 0.25) is 0 Å². The van der Waals surface area contributed by atoms with Gasteiger partial charge in [0.2, 0.25) is 0 Å². The molecule has 4 aromatic rings. The Morgan fingerprint density at radius 3 is 1.23 bits per heavy atom. The van der Waals surface area contributed by atoms with Crippen LogP contribution in [0.1, 0.15) is 12.5 Å². The van der Waals surface area contributed by atoms with Gasteiger partial charge in [0.1, 0.15) is 0 Å². The van der Waals surface area contributed by atoms with Gasteiger partial charge in [-0.05, 0) is 0 Å². The van der Waals surface area contributed by atoms with Crippen LogP contribution in [0.15, 0.2) is 115 Å². The third-order valence-electron chi connectivity index (χ3n) is 5.58. The molecule has 150 valence electrons. The second-order valence-electron chi connectivity index (χ2n) is 7.46. The molecule has 3 heteroatoms. The van der Waals surface area contributed by atoms with E-state index < -0.39 is 6.83 Å². The number of aryl methyl sites for hydroxylation is 1. The molecule has 0 aliphatic carbocycles. The van der Waals surface area contributed by atoms with Crippen molar-refractivity contribution in [2.24, 2.45) is 0 Å². The van der Waals surface area contributed by atoms with E-state index in [4.69, 9.17) is 4.52 Å². The molecule has 0 aromatic heterocycles. The fourth-order valence-electron chi connectivity index (χ4n) is 4.33. The summed E-state index contributed by atoms with van der Waals surface area (Å²) < 4.78 is 6.70. The van der Waals surface area contributed by atoms with Gasteiger partial charge in [0.15, 0.2) is 0 Å². The number of hydrogen-bond acceptors (Lipinski definition) is 2. The summed E-state index contributed by atoms with van der Waals surface area (Å²) in [5, 5.41) is 4.00. The van der Waals surface area contributed by atoms with E-state index >= 15 is 0 Å². The van der Waals surface area contributed by atoms with Crippen molar-refractivity contribution in [2.75, 3.05) is 0 Å². The van der Waals surface area contributed by atoms with Gasteiger partial charge in [0.05, 0.1) is 0 Å². The summed E-state index contributed by atoms with van der Waals surface area (Å²) in [5.41, 5.74) is 1.16. The molecule has 0 unspecified atom stereocenters. The van der Waals surface area contributed by atoms with Gasteiger partial charge in [-0.2, -0.15) is 0 Å². The van der Waals surface area contributed by atoms with Gasteiger partial charge in [-0.15, -0.1) is 0 Å². The van der Waals surface area contributed by atoms with Crippen molar-refractivity contribution in [1.29, 1.82) is 0 Å². The fourth-order valence-corrected chi connectivity index (χ4v) is 9.99. The molecule has 4 aromatic carbocycles. The molecule has 0 fully saturated rings. The van der Waals surface area contributed by atoms with Gasteiger partial charge < -0.3 is 0 Å². The van der Waals surface area contributed by atoms with Crippen molar-refractivity contribution in [1.82, 2.24) is 0 Å². The first-order chi connectivity index (χ1) is 14.6. The van der Waals surface area contributed by atoms with Gasteiger partial charge in [0, 0.05) is 0 Å². The Hall–Kier alpha value is -3.22. The summed E-state index contributed by atoms with van der Waals surface area (Å²) in [6.45, 7) is -0.239. The first kappa shape index (κ1) is 20.1. The van der Waals surface area contributed by atoms with E-state index in [1.807, 2.05) is 54.6 Å². The Bertz CT molecular complexity index is 1040. The Morgan fingerprint density at radius 1 is 0.567 bits per heavy atom. The molecule has 0 atom stereocenters. The average Bonchev–Trinajstić information content (AvgIpc) is 2.80. The summed E-state index contributed by atoms with van der Waals surface area (Å²) >= 11 is 0. The zero-order chi connectivity index (χ0) is 21.1. The Kier molecular flexibility index (Phi) is 5.28. The van der Waals surface area contributed by atoms with Gasteiger partial charge in [-0.3, -0.25) is 0 Å². The Morgan fingerprint density at radius 2 is 0.900 bits per heavy atom. The maximum absolute atomic E-state index is 12.8. The van der Waals surface area contributed by atoms with E-state index in [0.29, 0.717) is 0 Å². The standard InChI is InChI=1S/C27H25O2P/c1-22-18-20-27(21-19-22)30(29-23(2)28,24-12-6-3-7-13-24,25-14-8-4-9-15-25)26-16-10-5-11-17-26/h3-21H,1-2H3. The van der Waals surface area contributed by atoms with Crippen LogP contribution in [-0.4, -0.2) is 5.97 Å². The maximum atomic E-state index is 12.8. The average molecular weight is 412 g/mol. The second kappa shape index (κ2) is 7.89. The van der Waals surface area contributed by atoms with Crippen LogP contribution in [0.4, 0.5) is 0 Å². The third-order valence-corrected chi connectivity index (χ3v) is 11.3. The van der Waals surface area contributed by atoms with Crippen LogP contribution in [0.5, 0.6) is 0 Å². The number of benzene rings is 4. The van der Waals surface area contributed by atoms with Gasteiger partial charge in [0.25, 0.3) is 0 Å². The van der Waals surface area contributed by atoms with Crippen molar-refractivity contribution < 1.29 is 9.32 Å². The number of carbonyl (C=O) groups excluding carboxylic acids is 1. The third kappa shape index (κ3) is 2.96. The molecule has 0 heterocycles. The minimum absolute atomic E-state index is 0.301. The van der Waals surface area contributed by atoms with Crippen molar-refractivity contribution in [2.45, 2.75) is 13.8 Å². The Balaban J connectivity index is 2.30. The van der Waals surface area contributed by atoms with Gasteiger partial charge in [-0.25, -0.2) is 0 Å². The summed E-state index contributed by atoms with van der Waals surface area (Å²) in [4.78, 5) is 12.8. The topological polar surface area (TPSA) is 26.3 Å². The summed E-state index contributed by atoms with van der Waals surface area (Å²) in [7, 11) is 0. The molecule has 30 heavy (non-hydrogen) atoms. The SMILES string of the molecule is CC(=O)OP(c1ccccc1)(c1ccccc1)(c1ccccc1)c1ccc(C)cc1. The molecule has 0 saturated carbocycles. The zero-order valence-corrected chi connectivity index (χ0v) is 18.1. The number of carbonyl (C=O) groups is 1. The van der Waals surface area contributed by atoms with Crippen LogP contribution in [0.3, 0.4) is 0 Å². The first-order valence-electron chi connectivity index (χ1n) is 10.0. The van der Waals surface area contributed by atoms with Crippen LogP contribution in [0.25, 0.3) is 0 Å². The molecule has 2 nitrogen and oxygen atoms in total. The monoisotopic (exact) mass is 412 g/mol. The normalized spacial score (nSPS) is 12.5. The van der Waals surface area contributed by atoms with E-state index in [-0.39, 0.29) is 5.97 Å². The molecular formula is C27H25O2P. The van der Waals surface area contributed by atoms with Crippen LogP contribution < -0.4 is 21.2 Å². The molecule has 0 aliphatic heterocycles. The molecule has 0 radical (unpaired) electrons. The molecular weight excluding hydrogens is 387 g/mol. The van der Waals surface area contributed by atoms with E-state index in [1.54, 1.807) is 0 Å². The second-order valence-corrected chi connectivity index (χ2v) is 11.8. The number of rotatable bonds is 5. The van der Waals surface area contributed by atoms with Crippen molar-refractivity contribution in [3.05, 3.63) is 121 Å². The zero-order valence-electron chi connectivity index (χ0n) is 17.2. The van der Waals surface area contributed by atoms with E-state index in [2.05, 4.69) is 67.6 Å². The van der Waals surface area contributed by atoms with Crippen molar-refractivity contribution in [3.8, 4) is 0 Å². The van der Waals surface area contributed by atoms with Gasteiger partial charge in [-0.1, -0.05) is 0 Å². The quantitative estimate of drug-likeness (QED) is 0.447. The van der Waals surface area contributed by atoms with E-state index in [0.717, 1.165) is 26.8 Å². The molecule has 0 bridgehead atoms. The summed E-state index contributed by atoms with van der Waals surface area (Å²) in [6, 6.07) is 39.0. The molecule has 0 aliphatic rings. The predicted molar refractivity (Wildman–Crippen MR) is 128 cm³/mol. The molecule has 0 amide bonds. The van der Waals surface area contributed by atoms with Crippen LogP contribution >= 0.6 is 6.83 Å². The summed E-state index contributed by atoms with van der Waals surface area (Å²) in [5.74, 6) is -0.301. The minimum atomic E-state index is -3.81. The van der Waals surface area contributed by atoms with Gasteiger partial charge >= 0.3 is 178 Å². The van der Waals surface area contributed by atoms with Crippen molar-refractivity contribution in [3.63, 3.8) is 0 Å². The van der Waals surface area contributed by atoms with E-state index in [1.165, 1.54) is 6.92 Å². The van der Waals surface area contributed by atoms with Crippen LogP contribution in [0, 0.1) is 6.92 Å². The fraction of sp³-hybridized carbons (Fsp3) is 0.0741. The molecule has 0 spiro atoms. The van der Waals surface area contributed by atoms with E-state index in [9.17, 15) is 4.79 Å². The molecule has 0 N–H and O–H groups in total. The molecule has 4 rings (SSSR count). The van der Waals surface area contributed by atoms with Crippen molar-refractivity contribution >= 4 is 34.0 Å². The predicted octanol–water partition coefficient (Wildman–Crippen LogP) is 4.63. The molecule has 0 saturated heterocycles. The first-order valence-corrected chi connectivity index (χ1v) is 12.2. The van der Waals surface area contributed by atoms with Crippen LogP contribution in [-0.2, 0) is 9.32 Å². The Labute approximate surface area is 178 Å².